The van der Waals surface area contributed by atoms with Crippen LogP contribution in [0.2, 0.25) is 0 Å². The number of carbonyl (C=O) groups is 1. The number of aliphatic hydroxyl groups excluding tert-OH is 2. The van der Waals surface area contributed by atoms with E-state index in [9.17, 15) is 15.0 Å². The SMILES string of the molecule is Nc1ncnc2c1ncn2[C@H]1O[C@H](C(=O)O)[C@@H](O)[C@H]1O. The van der Waals surface area contributed by atoms with Gasteiger partial charge in [0.25, 0.3) is 0 Å². The third-order valence-electron chi connectivity index (χ3n) is 3.14. The molecule has 0 spiro atoms. The topological polar surface area (TPSA) is 157 Å². The van der Waals surface area contributed by atoms with Crippen LogP contribution in [0.1, 0.15) is 6.23 Å². The lowest BCUT2D eigenvalue weighted by atomic mass is 10.1. The molecule has 1 aliphatic rings. The summed E-state index contributed by atoms with van der Waals surface area (Å²) in [6, 6.07) is 0. The van der Waals surface area contributed by atoms with E-state index in [0.29, 0.717) is 5.52 Å². The Bertz CT molecular complexity index is 673. The number of hydrogen-bond donors (Lipinski definition) is 4. The Balaban J connectivity index is 2.04. The number of imidazole rings is 1. The number of carboxylic acids is 1. The highest BCUT2D eigenvalue weighted by molar-refractivity contribution is 5.81. The minimum atomic E-state index is -1.55. The van der Waals surface area contributed by atoms with Gasteiger partial charge < -0.3 is 25.8 Å². The maximum absolute atomic E-state index is 10.9. The molecule has 2 aromatic heterocycles. The van der Waals surface area contributed by atoms with Gasteiger partial charge in [-0.1, -0.05) is 0 Å². The zero-order chi connectivity index (χ0) is 14.4. The summed E-state index contributed by atoms with van der Waals surface area (Å²) in [7, 11) is 0. The zero-order valence-corrected chi connectivity index (χ0v) is 9.99. The van der Waals surface area contributed by atoms with Crippen molar-refractivity contribution in [2.45, 2.75) is 24.5 Å². The average molecular weight is 281 g/mol. The number of ether oxygens (including phenoxy) is 1. The fourth-order valence-corrected chi connectivity index (χ4v) is 2.15. The summed E-state index contributed by atoms with van der Waals surface area (Å²) >= 11 is 0. The van der Waals surface area contributed by atoms with Crippen LogP contribution in [0.25, 0.3) is 11.2 Å². The molecule has 0 radical (unpaired) electrons. The van der Waals surface area contributed by atoms with Crippen LogP contribution in [0, 0.1) is 0 Å². The van der Waals surface area contributed by atoms with Crippen molar-refractivity contribution in [3.05, 3.63) is 12.7 Å². The van der Waals surface area contributed by atoms with Crippen molar-refractivity contribution in [3.8, 4) is 0 Å². The van der Waals surface area contributed by atoms with Crippen molar-refractivity contribution in [3.63, 3.8) is 0 Å². The first-order valence-corrected chi connectivity index (χ1v) is 5.68. The van der Waals surface area contributed by atoms with Crippen LogP contribution in [-0.4, -0.2) is 59.1 Å². The molecule has 10 nitrogen and oxygen atoms in total. The van der Waals surface area contributed by atoms with Crippen LogP contribution >= 0.6 is 0 Å². The van der Waals surface area contributed by atoms with Gasteiger partial charge >= 0.3 is 5.97 Å². The molecule has 0 aliphatic carbocycles. The van der Waals surface area contributed by atoms with Crippen LogP contribution in [0.4, 0.5) is 5.82 Å². The van der Waals surface area contributed by atoms with E-state index < -0.39 is 30.5 Å². The summed E-state index contributed by atoms with van der Waals surface area (Å²) in [6.45, 7) is 0. The molecule has 3 heterocycles. The highest BCUT2D eigenvalue weighted by Crippen LogP contribution is 2.31. The molecular weight excluding hydrogens is 270 g/mol. The fraction of sp³-hybridized carbons (Fsp3) is 0.400. The molecule has 0 bridgehead atoms. The van der Waals surface area contributed by atoms with Crippen LogP contribution in [0.5, 0.6) is 0 Å². The number of aliphatic hydroxyl groups is 2. The normalized spacial score (nSPS) is 29.9. The van der Waals surface area contributed by atoms with Crippen LogP contribution in [-0.2, 0) is 9.53 Å². The maximum atomic E-state index is 10.9. The van der Waals surface area contributed by atoms with E-state index in [2.05, 4.69) is 15.0 Å². The van der Waals surface area contributed by atoms with Gasteiger partial charge in [-0.05, 0) is 0 Å². The van der Waals surface area contributed by atoms with Gasteiger partial charge in [0.1, 0.15) is 24.1 Å². The quantitative estimate of drug-likeness (QED) is 0.494. The van der Waals surface area contributed by atoms with E-state index in [4.69, 9.17) is 15.6 Å². The van der Waals surface area contributed by atoms with Gasteiger partial charge in [0.15, 0.2) is 23.8 Å². The summed E-state index contributed by atoms with van der Waals surface area (Å²) in [5.41, 5.74) is 6.21. The number of fused-ring (bicyclic) bond motifs is 1. The summed E-state index contributed by atoms with van der Waals surface area (Å²) in [5.74, 6) is -1.21. The van der Waals surface area contributed by atoms with Gasteiger partial charge in [0.05, 0.1) is 6.33 Å². The predicted octanol–water partition coefficient (Wildman–Crippen LogP) is -1.89. The predicted molar refractivity (Wildman–Crippen MR) is 63.3 cm³/mol. The van der Waals surface area contributed by atoms with Crippen molar-refractivity contribution in [1.29, 1.82) is 0 Å². The third kappa shape index (κ3) is 1.70. The molecule has 4 atom stereocenters. The van der Waals surface area contributed by atoms with Crippen LogP contribution in [0.15, 0.2) is 12.7 Å². The van der Waals surface area contributed by atoms with Gasteiger partial charge in [-0.25, -0.2) is 19.7 Å². The number of aliphatic carboxylic acids is 1. The van der Waals surface area contributed by atoms with Crippen molar-refractivity contribution in [1.82, 2.24) is 19.5 Å². The van der Waals surface area contributed by atoms with Crippen molar-refractivity contribution >= 4 is 23.0 Å². The van der Waals surface area contributed by atoms with Gasteiger partial charge in [0, 0.05) is 0 Å². The van der Waals surface area contributed by atoms with E-state index in [0.717, 1.165) is 0 Å². The van der Waals surface area contributed by atoms with Gasteiger partial charge in [-0.2, -0.15) is 0 Å². The Kier molecular flexibility index (Phi) is 2.78. The van der Waals surface area contributed by atoms with E-state index >= 15 is 0 Å². The number of anilines is 1. The molecule has 10 heteroatoms. The molecule has 3 rings (SSSR count). The fourth-order valence-electron chi connectivity index (χ4n) is 2.15. The van der Waals surface area contributed by atoms with E-state index in [1.54, 1.807) is 0 Å². The Morgan fingerprint density at radius 2 is 2.05 bits per heavy atom. The molecule has 0 aromatic carbocycles. The molecule has 1 saturated heterocycles. The second-order valence-electron chi connectivity index (χ2n) is 4.35. The Morgan fingerprint density at radius 1 is 1.30 bits per heavy atom. The number of carboxylic acid groups (broad SMARTS) is 1. The molecule has 106 valence electrons. The van der Waals surface area contributed by atoms with Gasteiger partial charge in [-0.3, -0.25) is 4.57 Å². The van der Waals surface area contributed by atoms with E-state index in [1.807, 2.05) is 0 Å². The standard InChI is InChI=1S/C10H11N5O5/c11-7-3-8(13-1-12-7)15(2-14-3)9-5(17)4(16)6(20-9)10(18)19/h1-2,4-6,9,16-17H,(H,18,19)(H2,11,12,13)/t4-,5+,6-,9-/m0/s1. The molecule has 1 aliphatic heterocycles. The molecule has 5 N–H and O–H groups in total. The number of rotatable bonds is 2. The summed E-state index contributed by atoms with van der Waals surface area (Å²) in [6.07, 6.45) is -3.11. The average Bonchev–Trinajstić information content (AvgIpc) is 2.94. The minimum absolute atomic E-state index is 0.150. The molecule has 0 saturated carbocycles. The van der Waals surface area contributed by atoms with Gasteiger partial charge in [-0.15, -0.1) is 0 Å². The van der Waals surface area contributed by atoms with Gasteiger partial charge in [0.2, 0.25) is 0 Å². The third-order valence-corrected chi connectivity index (χ3v) is 3.14. The Morgan fingerprint density at radius 3 is 2.70 bits per heavy atom. The number of aromatic nitrogens is 4. The molecule has 0 unspecified atom stereocenters. The highest BCUT2D eigenvalue weighted by atomic mass is 16.6. The zero-order valence-electron chi connectivity index (χ0n) is 9.99. The monoisotopic (exact) mass is 281 g/mol. The molecule has 2 aromatic rings. The lowest BCUT2D eigenvalue weighted by Crippen LogP contribution is -2.35. The highest BCUT2D eigenvalue weighted by Gasteiger charge is 2.47. The largest absolute Gasteiger partial charge is 0.479 e. The first-order chi connectivity index (χ1) is 9.50. The summed E-state index contributed by atoms with van der Waals surface area (Å²) < 4.78 is 6.47. The first-order valence-electron chi connectivity index (χ1n) is 5.68. The van der Waals surface area contributed by atoms with Crippen LogP contribution < -0.4 is 5.73 Å². The number of hydrogen-bond acceptors (Lipinski definition) is 8. The van der Waals surface area contributed by atoms with Crippen LogP contribution in [0.3, 0.4) is 0 Å². The lowest BCUT2D eigenvalue weighted by Gasteiger charge is -2.16. The van der Waals surface area contributed by atoms with Crippen molar-refractivity contribution in [2.24, 2.45) is 0 Å². The molecular formula is C10H11N5O5. The second-order valence-corrected chi connectivity index (χ2v) is 4.35. The van der Waals surface area contributed by atoms with E-state index in [1.165, 1.54) is 17.2 Å². The number of nitrogens with zero attached hydrogens (tertiary/aromatic N) is 4. The minimum Gasteiger partial charge on any atom is -0.479 e. The Labute approximate surface area is 111 Å². The van der Waals surface area contributed by atoms with Crippen molar-refractivity contribution < 1.29 is 24.9 Å². The molecule has 0 amide bonds. The maximum Gasteiger partial charge on any atom is 0.335 e. The molecule has 1 fully saturated rings. The number of nitrogens with two attached hydrogens (primary N) is 1. The van der Waals surface area contributed by atoms with E-state index in [-0.39, 0.29) is 11.5 Å². The van der Waals surface area contributed by atoms with Crippen molar-refractivity contribution in [2.75, 3.05) is 5.73 Å². The molecule has 20 heavy (non-hydrogen) atoms. The Hall–Kier alpha value is -2.30. The lowest BCUT2D eigenvalue weighted by molar-refractivity contribution is -0.155. The smallest absolute Gasteiger partial charge is 0.335 e. The first kappa shape index (κ1) is 12.7. The second kappa shape index (κ2) is 4.37. The number of nitrogen functional groups attached to an aromatic ring is 1. The summed E-state index contributed by atoms with van der Waals surface area (Å²) in [5, 5.41) is 28.5. The summed E-state index contributed by atoms with van der Waals surface area (Å²) in [4.78, 5) is 22.6.